The first-order valence-corrected chi connectivity index (χ1v) is 12.2. The molecule has 0 aromatic heterocycles. The average molecular weight is 493 g/mol. The standard InChI is InChI=1S/C30H36O6/c1-17(2)7-6-8-19(5)10-11-20-15-21(12-14-23(20)31)29-28(35)27(34)26-25(33)16-24(32)22(30(26)36-29)13-9-18(3)4/h7,9-10,12,14-16,28-29,31-33,35H,6,8,11,13H2,1-5H3/b19-10+/t28-,29+/m0/s1. The van der Waals surface area contributed by atoms with Gasteiger partial charge in [-0.15, -0.1) is 0 Å². The van der Waals surface area contributed by atoms with Crippen LogP contribution in [0.2, 0.25) is 0 Å². The van der Waals surface area contributed by atoms with Crippen LogP contribution in [0.3, 0.4) is 0 Å². The Labute approximate surface area is 212 Å². The van der Waals surface area contributed by atoms with Gasteiger partial charge in [-0.05, 0) is 83.6 Å². The molecule has 0 amide bonds. The summed E-state index contributed by atoms with van der Waals surface area (Å²) in [7, 11) is 0. The molecule has 0 fully saturated rings. The van der Waals surface area contributed by atoms with E-state index in [0.29, 0.717) is 29.5 Å². The molecule has 0 saturated heterocycles. The Bertz CT molecular complexity index is 1230. The lowest BCUT2D eigenvalue weighted by Gasteiger charge is -2.32. The van der Waals surface area contributed by atoms with Gasteiger partial charge in [0.2, 0.25) is 5.78 Å². The number of hydrogen-bond acceptors (Lipinski definition) is 6. The van der Waals surface area contributed by atoms with Crippen molar-refractivity contribution in [2.75, 3.05) is 0 Å². The van der Waals surface area contributed by atoms with E-state index < -0.39 is 23.7 Å². The lowest BCUT2D eigenvalue weighted by atomic mass is 9.89. The van der Waals surface area contributed by atoms with Crippen LogP contribution in [0.25, 0.3) is 0 Å². The predicted molar refractivity (Wildman–Crippen MR) is 141 cm³/mol. The van der Waals surface area contributed by atoms with E-state index in [1.54, 1.807) is 12.1 Å². The van der Waals surface area contributed by atoms with Crippen molar-refractivity contribution < 1.29 is 30.0 Å². The number of phenols is 3. The van der Waals surface area contributed by atoms with Crippen LogP contribution in [0.5, 0.6) is 23.0 Å². The zero-order chi connectivity index (χ0) is 26.6. The van der Waals surface area contributed by atoms with Crippen molar-refractivity contribution in [3.8, 4) is 23.0 Å². The van der Waals surface area contributed by atoms with Gasteiger partial charge < -0.3 is 25.2 Å². The summed E-state index contributed by atoms with van der Waals surface area (Å²) in [5.74, 6) is -1.13. The highest BCUT2D eigenvalue weighted by atomic mass is 16.5. The van der Waals surface area contributed by atoms with Crippen molar-refractivity contribution in [1.29, 1.82) is 0 Å². The zero-order valence-electron chi connectivity index (χ0n) is 21.6. The number of hydrogen-bond donors (Lipinski definition) is 4. The summed E-state index contributed by atoms with van der Waals surface area (Å²) >= 11 is 0. The summed E-state index contributed by atoms with van der Waals surface area (Å²) in [6, 6.07) is 5.96. The zero-order valence-corrected chi connectivity index (χ0v) is 21.6. The molecule has 1 heterocycles. The van der Waals surface area contributed by atoms with Crippen molar-refractivity contribution in [1.82, 2.24) is 0 Å². The third-order valence-electron chi connectivity index (χ3n) is 6.29. The van der Waals surface area contributed by atoms with Gasteiger partial charge in [-0.25, -0.2) is 0 Å². The summed E-state index contributed by atoms with van der Waals surface area (Å²) in [5.41, 5.74) is 4.88. The van der Waals surface area contributed by atoms with Crippen molar-refractivity contribution in [2.45, 2.75) is 72.5 Å². The minimum absolute atomic E-state index is 0.0648. The number of carbonyl (C=O) groups is 1. The number of Topliss-reactive ketones (excluding diaryl/α,β-unsaturated/α-hetero) is 1. The first-order chi connectivity index (χ1) is 17.0. The first kappa shape index (κ1) is 27.1. The third-order valence-corrected chi connectivity index (χ3v) is 6.29. The second-order valence-electron chi connectivity index (χ2n) is 9.89. The molecule has 0 bridgehead atoms. The summed E-state index contributed by atoms with van der Waals surface area (Å²) < 4.78 is 6.10. The molecule has 0 unspecified atom stereocenters. The molecule has 0 aliphatic carbocycles. The molecule has 4 N–H and O–H groups in total. The molecule has 2 aromatic carbocycles. The number of aliphatic hydroxyl groups is 1. The largest absolute Gasteiger partial charge is 0.508 e. The van der Waals surface area contributed by atoms with Crippen LogP contribution in [0, 0.1) is 0 Å². The number of aliphatic hydroxyl groups excluding tert-OH is 1. The molecular formula is C30H36O6. The maximum absolute atomic E-state index is 13.1. The number of aromatic hydroxyl groups is 3. The topological polar surface area (TPSA) is 107 Å². The summed E-state index contributed by atoms with van der Waals surface area (Å²) in [5, 5.41) is 42.1. The number of fused-ring (bicyclic) bond motifs is 1. The van der Waals surface area contributed by atoms with Crippen LogP contribution in [0.4, 0.5) is 0 Å². The Morgan fingerprint density at radius 1 is 0.889 bits per heavy atom. The monoisotopic (exact) mass is 492 g/mol. The average Bonchev–Trinajstić information content (AvgIpc) is 2.79. The van der Waals surface area contributed by atoms with Crippen LogP contribution >= 0.6 is 0 Å². The highest BCUT2D eigenvalue weighted by Crippen LogP contribution is 2.46. The van der Waals surface area contributed by atoms with Gasteiger partial charge in [-0.1, -0.05) is 41.0 Å². The molecule has 6 nitrogen and oxygen atoms in total. The molecule has 3 rings (SSSR count). The first-order valence-electron chi connectivity index (χ1n) is 12.2. The second kappa shape index (κ2) is 11.5. The molecule has 1 aliphatic heterocycles. The number of allylic oxidation sites excluding steroid dienone is 6. The maximum Gasteiger partial charge on any atom is 0.202 e. The van der Waals surface area contributed by atoms with E-state index in [2.05, 4.69) is 32.9 Å². The number of ketones is 1. The Morgan fingerprint density at radius 3 is 2.25 bits per heavy atom. The normalized spacial score (nSPS) is 17.3. The van der Waals surface area contributed by atoms with Crippen LogP contribution in [0.1, 0.15) is 80.6 Å². The van der Waals surface area contributed by atoms with Gasteiger partial charge in [-0.3, -0.25) is 4.79 Å². The Hall–Kier alpha value is -3.51. The Kier molecular flexibility index (Phi) is 8.64. The van der Waals surface area contributed by atoms with Crippen LogP contribution in [-0.4, -0.2) is 32.3 Å². The van der Waals surface area contributed by atoms with Crippen molar-refractivity contribution >= 4 is 5.78 Å². The van der Waals surface area contributed by atoms with Gasteiger partial charge in [0, 0.05) is 11.6 Å². The summed E-state index contributed by atoms with van der Waals surface area (Å²) in [4.78, 5) is 13.1. The smallest absolute Gasteiger partial charge is 0.202 e. The number of benzene rings is 2. The molecule has 2 aromatic rings. The lowest BCUT2D eigenvalue weighted by Crippen LogP contribution is -2.36. The van der Waals surface area contributed by atoms with Crippen LogP contribution < -0.4 is 4.74 Å². The van der Waals surface area contributed by atoms with Gasteiger partial charge in [0.05, 0.1) is 0 Å². The van der Waals surface area contributed by atoms with E-state index in [1.807, 2.05) is 19.9 Å². The Balaban J connectivity index is 1.94. The van der Waals surface area contributed by atoms with E-state index >= 15 is 0 Å². The highest BCUT2D eigenvalue weighted by Gasteiger charge is 2.40. The third kappa shape index (κ3) is 6.18. The second-order valence-corrected chi connectivity index (χ2v) is 9.89. The van der Waals surface area contributed by atoms with Crippen LogP contribution in [0.15, 0.2) is 59.2 Å². The summed E-state index contributed by atoms with van der Waals surface area (Å²) in [6.45, 7) is 10.0. The Morgan fingerprint density at radius 2 is 1.58 bits per heavy atom. The minimum Gasteiger partial charge on any atom is -0.508 e. The number of phenolic OH excluding ortho intramolecular Hbond substituents is 3. The molecule has 36 heavy (non-hydrogen) atoms. The van der Waals surface area contributed by atoms with Gasteiger partial charge in [-0.2, -0.15) is 0 Å². The fourth-order valence-electron chi connectivity index (χ4n) is 4.19. The molecular weight excluding hydrogens is 456 g/mol. The molecule has 6 heteroatoms. The van der Waals surface area contributed by atoms with E-state index in [0.717, 1.165) is 24.5 Å². The van der Waals surface area contributed by atoms with Crippen molar-refractivity contribution in [2.24, 2.45) is 0 Å². The lowest BCUT2D eigenvalue weighted by molar-refractivity contribution is 0.0206. The maximum atomic E-state index is 13.1. The van der Waals surface area contributed by atoms with E-state index in [-0.39, 0.29) is 22.8 Å². The van der Waals surface area contributed by atoms with Gasteiger partial charge in [0.25, 0.3) is 0 Å². The van der Waals surface area contributed by atoms with Gasteiger partial charge >= 0.3 is 0 Å². The number of carbonyl (C=O) groups excluding carboxylic acids is 1. The van der Waals surface area contributed by atoms with E-state index in [9.17, 15) is 25.2 Å². The minimum atomic E-state index is -1.55. The molecule has 192 valence electrons. The van der Waals surface area contributed by atoms with E-state index in [4.69, 9.17) is 4.74 Å². The molecule has 0 radical (unpaired) electrons. The van der Waals surface area contributed by atoms with Crippen molar-refractivity contribution in [3.05, 3.63) is 81.5 Å². The molecule has 2 atom stereocenters. The highest BCUT2D eigenvalue weighted by molar-refractivity contribution is 6.06. The quantitative estimate of drug-likeness (QED) is 0.326. The van der Waals surface area contributed by atoms with Crippen molar-refractivity contribution in [3.63, 3.8) is 0 Å². The molecule has 1 aliphatic rings. The fraction of sp³-hybridized carbons (Fsp3) is 0.367. The van der Waals surface area contributed by atoms with Crippen LogP contribution in [-0.2, 0) is 12.8 Å². The number of rotatable bonds is 8. The van der Waals surface area contributed by atoms with Gasteiger partial charge in [0.15, 0.2) is 12.2 Å². The van der Waals surface area contributed by atoms with Gasteiger partial charge in [0.1, 0.15) is 28.6 Å². The number of ether oxygens (including phenoxy) is 1. The SMILES string of the molecule is CC(C)=CCC/C(C)=C/Cc1cc([C@H]2Oc3c(CC=C(C)C)c(O)cc(O)c3C(=O)[C@@H]2O)ccc1O. The summed E-state index contributed by atoms with van der Waals surface area (Å²) in [6.07, 6.45) is 6.17. The predicted octanol–water partition coefficient (Wildman–Crippen LogP) is 6.22. The molecule has 0 spiro atoms. The fourth-order valence-corrected chi connectivity index (χ4v) is 4.19. The van der Waals surface area contributed by atoms with E-state index in [1.165, 1.54) is 17.2 Å². The molecule has 0 saturated carbocycles.